The third-order valence-electron chi connectivity index (χ3n) is 6.46. The quantitative estimate of drug-likeness (QED) is 0.369. The monoisotopic (exact) mass is 575 g/mol. The molecule has 0 unspecified atom stereocenters. The first-order valence-corrected chi connectivity index (χ1v) is 12.4. The number of hydrogen-bond acceptors (Lipinski definition) is 7. The molecule has 1 aromatic carbocycles. The maximum Gasteiger partial charge on any atom is 1.00 e. The molecule has 0 saturated heterocycles. The van der Waals surface area contributed by atoms with E-state index in [0.29, 0.717) is 11.3 Å². The summed E-state index contributed by atoms with van der Waals surface area (Å²) in [5.74, 6) is -6.90. The smallest absolute Gasteiger partial charge is 0.550 e. The maximum atomic E-state index is 14.8. The van der Waals surface area contributed by atoms with E-state index < -0.39 is 40.7 Å². The first-order valence-electron chi connectivity index (χ1n) is 12.1. The summed E-state index contributed by atoms with van der Waals surface area (Å²) in [5.41, 5.74) is -0.274. The fraction of sp³-hybridized carbons (Fsp3) is 0.462. The second-order valence-electron chi connectivity index (χ2n) is 10.5. The van der Waals surface area contributed by atoms with E-state index in [4.69, 9.17) is 20.6 Å². The van der Waals surface area contributed by atoms with Gasteiger partial charge in [-0.15, -0.1) is 0 Å². The molecule has 1 N–H and O–H groups in total. The maximum absolute atomic E-state index is 14.8. The van der Waals surface area contributed by atoms with Gasteiger partial charge < -0.3 is 24.3 Å². The van der Waals surface area contributed by atoms with E-state index in [2.05, 4.69) is 15.6 Å². The van der Waals surface area contributed by atoms with Gasteiger partial charge in [-0.05, 0) is 49.8 Å². The van der Waals surface area contributed by atoms with Crippen molar-refractivity contribution in [2.24, 2.45) is 5.41 Å². The molecule has 8 nitrogen and oxygen atoms in total. The van der Waals surface area contributed by atoms with Gasteiger partial charge in [-0.25, -0.2) is 4.39 Å². The Morgan fingerprint density at radius 3 is 2.46 bits per heavy atom. The first kappa shape index (κ1) is 31.2. The third kappa shape index (κ3) is 7.06. The molecule has 0 aliphatic heterocycles. The van der Waals surface area contributed by atoms with Gasteiger partial charge in [-0.1, -0.05) is 42.7 Å². The Morgan fingerprint density at radius 2 is 1.87 bits per heavy atom. The van der Waals surface area contributed by atoms with Crippen LogP contribution in [0.25, 0.3) is 11.5 Å². The summed E-state index contributed by atoms with van der Waals surface area (Å²) in [5, 5.41) is 21.7. The molecule has 0 radical (unpaired) electrons. The Morgan fingerprint density at radius 1 is 1.18 bits per heavy atom. The molecule has 1 fully saturated rings. The number of anilines is 1. The average molecular weight is 576 g/mol. The molecule has 0 bridgehead atoms. The number of rotatable bonds is 10. The predicted molar refractivity (Wildman–Crippen MR) is 129 cm³/mol. The van der Waals surface area contributed by atoms with E-state index in [9.17, 15) is 27.9 Å². The number of aromatic nitrogens is 2. The van der Waals surface area contributed by atoms with E-state index in [1.807, 2.05) is 0 Å². The van der Waals surface area contributed by atoms with E-state index >= 15 is 0 Å². The van der Waals surface area contributed by atoms with Crippen LogP contribution in [0.3, 0.4) is 0 Å². The zero-order chi connectivity index (χ0) is 27.8. The number of carbonyl (C=O) groups excluding carboxylic acids is 2. The van der Waals surface area contributed by atoms with Crippen LogP contribution in [0.5, 0.6) is 0 Å². The number of amides is 1. The van der Waals surface area contributed by atoms with Crippen LogP contribution < -0.4 is 40.0 Å². The van der Waals surface area contributed by atoms with Gasteiger partial charge in [0.15, 0.2) is 11.5 Å². The van der Waals surface area contributed by atoms with Crippen molar-refractivity contribution in [1.82, 2.24) is 10.3 Å². The second-order valence-corrected chi connectivity index (χ2v) is 10.9. The molecule has 39 heavy (non-hydrogen) atoms. The Kier molecular flexibility index (Phi) is 9.63. The van der Waals surface area contributed by atoms with Crippen molar-refractivity contribution in [1.29, 1.82) is 0 Å². The molecule has 1 saturated carbocycles. The molecular formula is C26H26ClF3N3NaO5. The fourth-order valence-corrected chi connectivity index (χ4v) is 4.31. The van der Waals surface area contributed by atoms with Crippen molar-refractivity contribution >= 4 is 29.2 Å². The van der Waals surface area contributed by atoms with Crippen molar-refractivity contribution in [3.05, 3.63) is 52.1 Å². The van der Waals surface area contributed by atoms with Crippen molar-refractivity contribution < 1.29 is 66.5 Å². The van der Waals surface area contributed by atoms with E-state index in [-0.39, 0.29) is 76.9 Å². The van der Waals surface area contributed by atoms with Gasteiger partial charge in [0.2, 0.25) is 11.7 Å². The van der Waals surface area contributed by atoms with Gasteiger partial charge >= 0.3 is 35.5 Å². The van der Waals surface area contributed by atoms with Crippen molar-refractivity contribution in [2.45, 2.75) is 70.6 Å². The van der Waals surface area contributed by atoms with Gasteiger partial charge in [-0.3, -0.25) is 4.79 Å². The molecule has 1 aliphatic rings. The normalized spacial score (nSPS) is 14.5. The van der Waals surface area contributed by atoms with Crippen LogP contribution in [0.4, 0.5) is 18.9 Å². The summed E-state index contributed by atoms with van der Waals surface area (Å²) in [6, 6.07) is 4.61. The van der Waals surface area contributed by atoms with Crippen molar-refractivity contribution in [3.63, 3.8) is 0 Å². The molecule has 13 heteroatoms. The SMILES string of the molecule is CC(C)(C)C(F)(F)c1cc(-c2onc([C@@H](CCC(=O)[O-])CC(=O)Nc3ccc(F)cc3Cl)c2C2CC2)no1.[Na+]. The summed E-state index contributed by atoms with van der Waals surface area (Å²) in [6.45, 7) is 4.14. The Balaban J connectivity index is 0.00000420. The molecular weight excluding hydrogens is 550 g/mol. The third-order valence-corrected chi connectivity index (χ3v) is 6.77. The zero-order valence-corrected chi connectivity index (χ0v) is 24.7. The van der Waals surface area contributed by atoms with E-state index in [0.717, 1.165) is 31.0 Å². The van der Waals surface area contributed by atoms with Crippen LogP contribution in [0.15, 0.2) is 33.3 Å². The number of benzene rings is 1. The minimum Gasteiger partial charge on any atom is -0.550 e. The Bertz CT molecular complexity index is 1350. The molecule has 4 rings (SSSR count). The van der Waals surface area contributed by atoms with Gasteiger partial charge in [0.05, 0.1) is 16.4 Å². The number of carboxylic acid groups (broad SMARTS) is 1. The van der Waals surface area contributed by atoms with Crippen LogP contribution in [0, 0.1) is 11.2 Å². The molecule has 204 valence electrons. The molecule has 0 spiro atoms. The van der Waals surface area contributed by atoms with Crippen LogP contribution in [-0.2, 0) is 15.5 Å². The summed E-state index contributed by atoms with van der Waals surface area (Å²) in [4.78, 5) is 24.1. The van der Waals surface area contributed by atoms with Crippen molar-refractivity contribution in [3.8, 4) is 11.5 Å². The first-order chi connectivity index (χ1) is 17.8. The molecule has 1 atom stereocenters. The number of hydrogen-bond donors (Lipinski definition) is 1. The van der Waals surface area contributed by atoms with Crippen LogP contribution in [0.1, 0.15) is 81.7 Å². The van der Waals surface area contributed by atoms with E-state index in [1.165, 1.54) is 26.8 Å². The molecule has 1 aliphatic carbocycles. The zero-order valence-electron chi connectivity index (χ0n) is 21.9. The predicted octanol–water partition coefficient (Wildman–Crippen LogP) is 2.78. The number of nitrogens with one attached hydrogen (secondary N) is 1. The van der Waals surface area contributed by atoms with Gasteiger partial charge in [0, 0.05) is 35.4 Å². The van der Waals surface area contributed by atoms with Crippen molar-refractivity contribution in [2.75, 3.05) is 5.32 Å². The Hall–Kier alpha value is -2.34. The number of carboxylic acids is 1. The number of aliphatic carboxylic acids is 1. The van der Waals surface area contributed by atoms with Crippen LogP contribution in [-0.4, -0.2) is 22.2 Å². The summed E-state index contributed by atoms with van der Waals surface area (Å²) in [7, 11) is 0. The minimum absolute atomic E-state index is 0. The van der Waals surface area contributed by atoms with E-state index in [1.54, 1.807) is 0 Å². The minimum atomic E-state index is -3.31. The summed E-state index contributed by atoms with van der Waals surface area (Å²) in [6.07, 6.45) is 1.00. The number of carbonyl (C=O) groups is 2. The Labute approximate surface area is 249 Å². The molecule has 1 amide bonds. The standard InChI is InChI=1S/C26H27ClF3N3O5.Na/c1-25(2,3)26(29,30)19-12-18(32-37-19)24-22(13-4-5-13)23(33-38-24)14(6-9-21(35)36)10-20(34)31-17-8-7-15(28)11-16(17)27;/h7-8,11-14H,4-6,9-10H2,1-3H3,(H,31,34)(H,35,36);/q;+1/p-1/t14-;/m0./s1. The summed E-state index contributed by atoms with van der Waals surface area (Å²) < 4.78 is 53.5. The molecule has 2 heterocycles. The van der Waals surface area contributed by atoms with Crippen LogP contribution >= 0.6 is 11.6 Å². The summed E-state index contributed by atoms with van der Waals surface area (Å²) >= 11 is 6.00. The fourth-order valence-electron chi connectivity index (χ4n) is 4.10. The van der Waals surface area contributed by atoms with Crippen LogP contribution in [0.2, 0.25) is 5.02 Å². The average Bonchev–Trinajstić information content (AvgIpc) is 3.35. The molecule has 3 aromatic rings. The number of nitrogens with zero attached hydrogens (tertiary/aromatic N) is 2. The molecule has 2 aromatic heterocycles. The topological polar surface area (TPSA) is 121 Å². The largest absolute Gasteiger partial charge is 1.00 e. The number of alkyl halides is 2. The second kappa shape index (κ2) is 12.0. The van der Waals surface area contributed by atoms with Gasteiger partial charge in [-0.2, -0.15) is 8.78 Å². The van der Waals surface area contributed by atoms with Gasteiger partial charge in [0.1, 0.15) is 5.82 Å². The number of halogens is 4. The van der Waals surface area contributed by atoms with Gasteiger partial charge in [0.25, 0.3) is 0 Å².